The average Bonchev–Trinajstić information content (AvgIpc) is 3.27. The first-order valence-electron chi connectivity index (χ1n) is 9.37. The van der Waals surface area contributed by atoms with Crippen molar-refractivity contribution in [1.82, 2.24) is 4.90 Å². The number of hydrogen-bond donors (Lipinski definition) is 1. The monoisotopic (exact) mass is 448 g/mol. The highest BCUT2D eigenvalue weighted by atomic mass is 32.1. The van der Waals surface area contributed by atoms with Crippen LogP contribution in [0.2, 0.25) is 0 Å². The third-order valence-corrected chi connectivity index (χ3v) is 5.17. The molecule has 0 atom stereocenters. The lowest BCUT2D eigenvalue weighted by Gasteiger charge is -2.09. The predicted molar refractivity (Wildman–Crippen MR) is 115 cm³/mol. The fourth-order valence-electron chi connectivity index (χ4n) is 2.50. The van der Waals surface area contributed by atoms with Crippen LogP contribution in [0, 0.1) is 13.8 Å². The maximum absolute atomic E-state index is 12.4. The Bertz CT molecular complexity index is 1020. The molecule has 9 nitrogen and oxygen atoms in total. The van der Waals surface area contributed by atoms with E-state index in [-0.39, 0.29) is 23.1 Å². The minimum absolute atomic E-state index is 0.102. The Balaban J connectivity index is 2.09. The molecule has 0 unspecified atom stereocenters. The summed E-state index contributed by atoms with van der Waals surface area (Å²) in [7, 11) is 3.17. The molecule has 2 amide bonds. The zero-order valence-corrected chi connectivity index (χ0v) is 18.8. The lowest BCUT2D eigenvalue weighted by Crippen LogP contribution is -2.21. The van der Waals surface area contributed by atoms with Crippen LogP contribution in [-0.2, 0) is 19.1 Å². The van der Waals surface area contributed by atoms with Crippen molar-refractivity contribution >= 4 is 46.2 Å². The molecule has 2 heterocycles. The van der Waals surface area contributed by atoms with Gasteiger partial charge in [0.15, 0.2) is 6.61 Å². The van der Waals surface area contributed by atoms with E-state index in [1.165, 1.54) is 11.0 Å². The van der Waals surface area contributed by atoms with Gasteiger partial charge in [0.2, 0.25) is 0 Å². The number of carbonyl (C=O) groups excluding carboxylic acids is 4. The van der Waals surface area contributed by atoms with E-state index in [0.29, 0.717) is 22.0 Å². The normalized spacial score (nSPS) is 10.7. The Labute approximate surface area is 183 Å². The fraction of sp³-hybridized carbons (Fsp3) is 0.333. The molecule has 1 N–H and O–H groups in total. The van der Waals surface area contributed by atoms with E-state index < -0.39 is 24.5 Å². The molecule has 0 aliphatic heterocycles. The van der Waals surface area contributed by atoms with E-state index in [1.54, 1.807) is 47.0 Å². The highest BCUT2D eigenvalue weighted by molar-refractivity contribution is 7.18. The Morgan fingerprint density at radius 1 is 1.16 bits per heavy atom. The number of amides is 2. The first-order chi connectivity index (χ1) is 14.6. The van der Waals surface area contributed by atoms with Gasteiger partial charge in [-0.3, -0.25) is 9.59 Å². The minimum atomic E-state index is -0.736. The maximum atomic E-state index is 12.4. The first-order valence-corrected chi connectivity index (χ1v) is 10.2. The molecule has 31 heavy (non-hydrogen) atoms. The molecule has 0 aromatic carbocycles. The zero-order chi connectivity index (χ0) is 23.1. The van der Waals surface area contributed by atoms with Crippen molar-refractivity contribution in [3.63, 3.8) is 0 Å². The van der Waals surface area contributed by atoms with Gasteiger partial charge in [0, 0.05) is 20.2 Å². The molecule has 166 valence electrons. The van der Waals surface area contributed by atoms with Crippen LogP contribution in [0.5, 0.6) is 0 Å². The van der Waals surface area contributed by atoms with Crippen LogP contribution in [0.4, 0.5) is 5.00 Å². The summed E-state index contributed by atoms with van der Waals surface area (Å²) in [5.41, 5.74) is 0.510. The van der Waals surface area contributed by atoms with Crippen molar-refractivity contribution < 1.29 is 33.1 Å². The zero-order valence-electron chi connectivity index (χ0n) is 17.9. The number of furan rings is 1. The molecule has 0 bridgehead atoms. The van der Waals surface area contributed by atoms with Gasteiger partial charge >= 0.3 is 11.9 Å². The number of hydrogen-bond acceptors (Lipinski definition) is 8. The van der Waals surface area contributed by atoms with Gasteiger partial charge in [-0.25, -0.2) is 9.59 Å². The van der Waals surface area contributed by atoms with Crippen LogP contribution in [0.3, 0.4) is 0 Å². The molecule has 0 saturated heterocycles. The number of anilines is 1. The van der Waals surface area contributed by atoms with E-state index >= 15 is 0 Å². The van der Waals surface area contributed by atoms with Crippen molar-refractivity contribution in [1.29, 1.82) is 0 Å². The summed E-state index contributed by atoms with van der Waals surface area (Å²) in [5.74, 6) is -1.18. The molecule has 2 aromatic heterocycles. The smallest absolute Gasteiger partial charge is 0.341 e. The Morgan fingerprint density at radius 3 is 2.45 bits per heavy atom. The molecular weight excluding hydrogens is 424 g/mol. The van der Waals surface area contributed by atoms with Gasteiger partial charge in [-0.1, -0.05) is 0 Å². The summed E-state index contributed by atoms with van der Waals surface area (Å²) in [6, 6.07) is 3.44. The molecule has 0 aliphatic carbocycles. The quantitative estimate of drug-likeness (QED) is 0.487. The van der Waals surface area contributed by atoms with Crippen LogP contribution in [-0.4, -0.2) is 56.0 Å². The molecule has 2 rings (SSSR count). The number of carbonyl (C=O) groups is 4. The van der Waals surface area contributed by atoms with Crippen molar-refractivity contribution in [2.24, 2.45) is 0 Å². The topological polar surface area (TPSA) is 115 Å². The lowest BCUT2D eigenvalue weighted by atomic mass is 10.1. The van der Waals surface area contributed by atoms with Gasteiger partial charge in [-0.15, -0.1) is 11.3 Å². The molecule has 0 radical (unpaired) electrons. The average molecular weight is 448 g/mol. The predicted octanol–water partition coefficient (Wildman–Crippen LogP) is 3.03. The van der Waals surface area contributed by atoms with Crippen LogP contribution in [0.25, 0.3) is 6.08 Å². The Hall–Kier alpha value is -3.40. The van der Waals surface area contributed by atoms with Gasteiger partial charge < -0.3 is 24.1 Å². The third kappa shape index (κ3) is 6.29. The van der Waals surface area contributed by atoms with Gasteiger partial charge in [0.25, 0.3) is 11.8 Å². The number of ether oxygens (including phenoxy) is 2. The molecule has 10 heteroatoms. The van der Waals surface area contributed by atoms with Gasteiger partial charge in [0.05, 0.1) is 17.0 Å². The number of rotatable bonds is 8. The molecule has 0 spiro atoms. The Kier molecular flexibility index (Phi) is 8.14. The summed E-state index contributed by atoms with van der Waals surface area (Å²) >= 11 is 0.958. The second-order valence-corrected chi connectivity index (χ2v) is 7.64. The van der Waals surface area contributed by atoms with E-state index in [9.17, 15) is 19.2 Å². The molecular formula is C21H24N2O7S. The largest absolute Gasteiger partial charge is 0.462 e. The van der Waals surface area contributed by atoms with Crippen LogP contribution < -0.4 is 5.32 Å². The van der Waals surface area contributed by atoms with E-state index in [0.717, 1.165) is 17.4 Å². The molecule has 2 aromatic rings. The van der Waals surface area contributed by atoms with E-state index in [2.05, 4.69) is 5.32 Å². The van der Waals surface area contributed by atoms with Crippen LogP contribution in [0.15, 0.2) is 22.6 Å². The SMILES string of the molecule is CCOC(=O)c1c(NC(=O)COC(=O)C=Cc2ccc(C)o2)sc(C(=O)N(C)C)c1C. The standard InChI is InChI=1S/C21H24N2O7S/c1-6-28-21(27)17-13(3)18(20(26)23(4)5)31-19(17)22-15(24)11-29-16(25)10-9-14-8-7-12(2)30-14/h7-10H,6,11H2,1-5H3,(H,22,24). The van der Waals surface area contributed by atoms with Gasteiger partial charge in [0.1, 0.15) is 16.5 Å². The summed E-state index contributed by atoms with van der Waals surface area (Å²) in [6.45, 7) is 4.60. The summed E-state index contributed by atoms with van der Waals surface area (Å²) in [5, 5.41) is 2.68. The molecule has 0 aliphatic rings. The van der Waals surface area contributed by atoms with Crippen molar-refractivity contribution in [2.45, 2.75) is 20.8 Å². The van der Waals surface area contributed by atoms with Gasteiger partial charge in [-0.05, 0) is 44.5 Å². The van der Waals surface area contributed by atoms with Crippen LogP contribution in [0.1, 0.15) is 44.0 Å². The maximum Gasteiger partial charge on any atom is 0.341 e. The van der Waals surface area contributed by atoms with Crippen molar-refractivity contribution in [3.8, 4) is 0 Å². The van der Waals surface area contributed by atoms with Gasteiger partial charge in [-0.2, -0.15) is 0 Å². The molecule has 0 fully saturated rings. The first kappa shape index (κ1) is 23.9. The number of thiophene rings is 1. The number of nitrogens with zero attached hydrogens (tertiary/aromatic N) is 1. The van der Waals surface area contributed by atoms with E-state index in [1.807, 2.05) is 0 Å². The number of nitrogens with one attached hydrogen (secondary N) is 1. The molecule has 0 saturated carbocycles. The van der Waals surface area contributed by atoms with Crippen LogP contribution >= 0.6 is 11.3 Å². The summed E-state index contributed by atoms with van der Waals surface area (Å²) in [4.78, 5) is 50.5. The summed E-state index contributed by atoms with van der Waals surface area (Å²) < 4.78 is 15.3. The minimum Gasteiger partial charge on any atom is -0.462 e. The lowest BCUT2D eigenvalue weighted by molar-refractivity contribution is -0.142. The Morgan fingerprint density at radius 2 is 1.87 bits per heavy atom. The number of aryl methyl sites for hydroxylation is 1. The number of esters is 2. The fourth-order valence-corrected chi connectivity index (χ4v) is 3.73. The highest BCUT2D eigenvalue weighted by Gasteiger charge is 2.27. The van der Waals surface area contributed by atoms with Crippen molar-refractivity contribution in [3.05, 3.63) is 45.7 Å². The second kappa shape index (κ2) is 10.6. The third-order valence-electron chi connectivity index (χ3n) is 3.97. The summed E-state index contributed by atoms with van der Waals surface area (Å²) in [6.07, 6.45) is 2.56. The second-order valence-electron chi connectivity index (χ2n) is 6.62. The van der Waals surface area contributed by atoms with E-state index in [4.69, 9.17) is 13.9 Å². The van der Waals surface area contributed by atoms with Crippen molar-refractivity contribution in [2.75, 3.05) is 32.6 Å². The highest BCUT2D eigenvalue weighted by Crippen LogP contribution is 2.34.